The van der Waals surface area contributed by atoms with Crippen LogP contribution in [0.2, 0.25) is 0 Å². The second-order valence-corrected chi connectivity index (χ2v) is 6.21. The Bertz CT molecular complexity index is 1180. The molecule has 0 saturated heterocycles. The maximum absolute atomic E-state index is 12.7. The lowest BCUT2D eigenvalue weighted by Gasteiger charge is -2.01. The van der Waals surface area contributed by atoms with Crippen molar-refractivity contribution in [3.8, 4) is 18.1 Å². The Balaban J connectivity index is 1.79. The van der Waals surface area contributed by atoms with Gasteiger partial charge in [-0.3, -0.25) is 4.79 Å². The van der Waals surface area contributed by atoms with E-state index in [1.165, 1.54) is 11.3 Å². The number of imidazole rings is 1. The zero-order chi connectivity index (χ0) is 16.5. The van der Waals surface area contributed by atoms with Crippen LogP contribution in [0.1, 0.15) is 5.56 Å². The Morgan fingerprint density at radius 3 is 2.79 bits per heavy atom. The molecule has 0 atom stereocenters. The van der Waals surface area contributed by atoms with Crippen LogP contribution < -0.4 is 14.8 Å². The number of ether oxygens (including phenoxy) is 1. The van der Waals surface area contributed by atoms with Gasteiger partial charge in [0.05, 0.1) is 15.6 Å². The summed E-state index contributed by atoms with van der Waals surface area (Å²) in [6, 6.07) is 15.1. The van der Waals surface area contributed by atoms with E-state index in [-0.39, 0.29) is 12.2 Å². The average molecular weight is 332 g/mol. The highest BCUT2D eigenvalue weighted by atomic mass is 32.1. The van der Waals surface area contributed by atoms with Crippen molar-refractivity contribution in [1.82, 2.24) is 9.38 Å². The first-order valence-corrected chi connectivity index (χ1v) is 8.16. The van der Waals surface area contributed by atoms with Crippen molar-refractivity contribution in [2.45, 2.75) is 0 Å². The summed E-state index contributed by atoms with van der Waals surface area (Å²) in [6.07, 6.45) is 7.03. The highest BCUT2D eigenvalue weighted by molar-refractivity contribution is 7.15. The van der Waals surface area contributed by atoms with Crippen molar-refractivity contribution in [2.24, 2.45) is 0 Å². The summed E-state index contributed by atoms with van der Waals surface area (Å²) >= 11 is 1.39. The van der Waals surface area contributed by atoms with E-state index in [2.05, 4.69) is 10.9 Å². The van der Waals surface area contributed by atoms with Gasteiger partial charge in [0.15, 0.2) is 4.96 Å². The van der Waals surface area contributed by atoms with Crippen LogP contribution in [0.4, 0.5) is 0 Å². The second-order valence-electron chi connectivity index (χ2n) is 5.20. The molecular formula is C19H12N2O2S. The van der Waals surface area contributed by atoms with Gasteiger partial charge in [0, 0.05) is 0 Å². The molecule has 116 valence electrons. The van der Waals surface area contributed by atoms with E-state index in [0.717, 1.165) is 16.6 Å². The molecule has 0 spiro atoms. The zero-order valence-corrected chi connectivity index (χ0v) is 13.4. The summed E-state index contributed by atoms with van der Waals surface area (Å²) in [5.41, 5.74) is 2.55. The van der Waals surface area contributed by atoms with Gasteiger partial charge >= 0.3 is 0 Å². The maximum atomic E-state index is 12.7. The number of para-hydroxylation sites is 2. The van der Waals surface area contributed by atoms with Crippen molar-refractivity contribution >= 4 is 33.4 Å². The van der Waals surface area contributed by atoms with Gasteiger partial charge < -0.3 is 4.74 Å². The molecule has 0 saturated carbocycles. The molecule has 0 bridgehead atoms. The van der Waals surface area contributed by atoms with Gasteiger partial charge in [0.25, 0.3) is 5.56 Å². The number of rotatable bonds is 3. The number of benzene rings is 2. The predicted octanol–water partition coefficient (Wildman–Crippen LogP) is 2.47. The molecule has 2 aromatic carbocycles. The lowest BCUT2D eigenvalue weighted by Crippen LogP contribution is -2.22. The molecular weight excluding hydrogens is 320 g/mol. The number of hydrogen-bond donors (Lipinski definition) is 0. The van der Waals surface area contributed by atoms with Gasteiger partial charge in [-0.1, -0.05) is 41.5 Å². The molecule has 0 amide bonds. The molecule has 0 aliphatic rings. The van der Waals surface area contributed by atoms with Crippen LogP contribution in [-0.4, -0.2) is 16.0 Å². The quantitative estimate of drug-likeness (QED) is 0.541. The van der Waals surface area contributed by atoms with Gasteiger partial charge in [0.2, 0.25) is 0 Å². The van der Waals surface area contributed by atoms with Crippen LogP contribution >= 0.6 is 11.3 Å². The molecule has 0 aliphatic heterocycles. The van der Waals surface area contributed by atoms with Gasteiger partial charge in [0.1, 0.15) is 12.4 Å². The van der Waals surface area contributed by atoms with E-state index in [9.17, 15) is 4.79 Å². The zero-order valence-electron chi connectivity index (χ0n) is 12.6. The van der Waals surface area contributed by atoms with E-state index in [0.29, 0.717) is 15.2 Å². The van der Waals surface area contributed by atoms with Crippen LogP contribution in [0.15, 0.2) is 53.3 Å². The molecule has 0 fully saturated rings. The minimum atomic E-state index is -0.0450. The first-order chi connectivity index (χ1) is 11.8. The number of terminal acetylenes is 1. The first kappa shape index (κ1) is 14.5. The molecule has 0 radical (unpaired) electrons. The Morgan fingerprint density at radius 2 is 2.00 bits per heavy atom. The minimum absolute atomic E-state index is 0.0450. The molecule has 5 heteroatoms. The standard InChI is InChI=1S/C19H12N2O2S/c1-2-11-23-14-9-7-13(8-10-14)12-17-18(22)21-16-6-4-3-5-15(16)20-19(21)24-17/h1,3-10,12H,11H2/b17-12-. The Kier molecular flexibility index (Phi) is 3.52. The lowest BCUT2D eigenvalue weighted by molar-refractivity contribution is 0.370. The summed E-state index contributed by atoms with van der Waals surface area (Å²) in [6.45, 7) is 0.239. The molecule has 4 rings (SSSR count). The summed E-state index contributed by atoms with van der Waals surface area (Å²) in [4.78, 5) is 17.9. The van der Waals surface area contributed by atoms with E-state index in [1.54, 1.807) is 4.40 Å². The number of nitrogens with zero attached hydrogens (tertiary/aromatic N) is 2. The van der Waals surface area contributed by atoms with Gasteiger partial charge in [-0.2, -0.15) is 0 Å². The number of fused-ring (bicyclic) bond motifs is 3. The van der Waals surface area contributed by atoms with Crippen molar-refractivity contribution in [1.29, 1.82) is 0 Å². The summed E-state index contributed by atoms with van der Waals surface area (Å²) < 4.78 is 7.66. The largest absolute Gasteiger partial charge is 0.481 e. The Hall–Kier alpha value is -3.10. The monoisotopic (exact) mass is 332 g/mol. The van der Waals surface area contributed by atoms with Crippen molar-refractivity contribution < 1.29 is 4.74 Å². The fraction of sp³-hybridized carbons (Fsp3) is 0.0526. The number of hydrogen-bond acceptors (Lipinski definition) is 4. The second kappa shape index (κ2) is 5.84. The average Bonchev–Trinajstić information content (AvgIpc) is 3.11. The van der Waals surface area contributed by atoms with E-state index < -0.39 is 0 Å². The molecule has 2 heterocycles. The normalized spacial score (nSPS) is 11.9. The first-order valence-electron chi connectivity index (χ1n) is 7.34. The molecule has 0 unspecified atom stereocenters. The van der Waals surface area contributed by atoms with Crippen molar-refractivity contribution in [3.63, 3.8) is 0 Å². The fourth-order valence-corrected chi connectivity index (χ4v) is 3.54. The van der Waals surface area contributed by atoms with Gasteiger partial charge in [-0.05, 0) is 35.9 Å². The summed E-state index contributed by atoms with van der Waals surface area (Å²) in [5.74, 6) is 3.13. The molecule has 24 heavy (non-hydrogen) atoms. The third-order valence-electron chi connectivity index (χ3n) is 3.65. The molecule has 4 aromatic rings. The van der Waals surface area contributed by atoms with Crippen molar-refractivity contribution in [3.05, 3.63) is 69.0 Å². The van der Waals surface area contributed by atoms with Crippen LogP contribution in [0.3, 0.4) is 0 Å². The number of aromatic nitrogens is 2. The van der Waals surface area contributed by atoms with Crippen LogP contribution in [-0.2, 0) is 0 Å². The maximum Gasteiger partial charge on any atom is 0.274 e. The molecule has 2 aromatic heterocycles. The van der Waals surface area contributed by atoms with E-state index in [1.807, 2.05) is 54.6 Å². The van der Waals surface area contributed by atoms with Gasteiger partial charge in [-0.25, -0.2) is 9.38 Å². The third-order valence-corrected chi connectivity index (χ3v) is 4.61. The van der Waals surface area contributed by atoms with Crippen LogP contribution in [0, 0.1) is 12.3 Å². The van der Waals surface area contributed by atoms with Crippen LogP contribution in [0.25, 0.3) is 22.1 Å². The third kappa shape index (κ3) is 2.43. The Morgan fingerprint density at radius 1 is 1.21 bits per heavy atom. The highest BCUT2D eigenvalue weighted by Crippen LogP contribution is 2.16. The smallest absolute Gasteiger partial charge is 0.274 e. The molecule has 4 nitrogen and oxygen atoms in total. The topological polar surface area (TPSA) is 43.6 Å². The lowest BCUT2D eigenvalue weighted by atomic mass is 10.2. The molecule has 0 N–H and O–H groups in total. The van der Waals surface area contributed by atoms with Crippen LogP contribution in [0.5, 0.6) is 5.75 Å². The summed E-state index contributed by atoms with van der Waals surface area (Å²) in [7, 11) is 0. The van der Waals surface area contributed by atoms with Gasteiger partial charge in [-0.15, -0.1) is 6.42 Å². The number of thiazole rings is 1. The predicted molar refractivity (Wildman–Crippen MR) is 96.4 cm³/mol. The highest BCUT2D eigenvalue weighted by Gasteiger charge is 2.10. The molecule has 0 aliphatic carbocycles. The van der Waals surface area contributed by atoms with Crippen molar-refractivity contribution in [2.75, 3.05) is 6.61 Å². The summed E-state index contributed by atoms with van der Waals surface area (Å²) in [5, 5.41) is 0. The van der Waals surface area contributed by atoms with E-state index in [4.69, 9.17) is 11.2 Å². The minimum Gasteiger partial charge on any atom is -0.481 e. The SMILES string of the molecule is C#CCOc1ccc(/C=c2\sc3nc4ccccc4n3c2=O)cc1. The fourth-order valence-electron chi connectivity index (χ4n) is 2.55. The Labute approximate surface area is 141 Å². The van der Waals surface area contributed by atoms with E-state index >= 15 is 0 Å².